The normalized spacial score (nSPS) is 17.4. The van der Waals surface area contributed by atoms with Crippen molar-refractivity contribution in [2.75, 3.05) is 32.2 Å². The molecule has 24 heavy (non-hydrogen) atoms. The van der Waals surface area contributed by atoms with Gasteiger partial charge in [-0.15, -0.1) is 11.3 Å². The third-order valence-corrected chi connectivity index (χ3v) is 5.26. The number of hydrogen-bond donors (Lipinski definition) is 1. The number of thiazole rings is 1. The summed E-state index contributed by atoms with van der Waals surface area (Å²) in [5, 5.41) is 4.56. The molecular formula is C17H24N4O2S. The molecule has 0 aliphatic carbocycles. The maximum absolute atomic E-state index is 5.48. The number of aromatic nitrogens is 3. The molecule has 1 atom stereocenters. The number of aryl methyl sites for hydroxylation is 2. The van der Waals surface area contributed by atoms with E-state index in [1.807, 2.05) is 6.07 Å². The van der Waals surface area contributed by atoms with Gasteiger partial charge in [0.05, 0.1) is 23.0 Å². The van der Waals surface area contributed by atoms with Crippen LogP contribution in [0, 0.1) is 13.8 Å². The Kier molecular flexibility index (Phi) is 5.76. The van der Waals surface area contributed by atoms with E-state index in [1.54, 1.807) is 18.4 Å². The lowest BCUT2D eigenvalue weighted by Crippen LogP contribution is -2.12. The van der Waals surface area contributed by atoms with Crippen LogP contribution in [0.4, 0.5) is 5.82 Å². The molecule has 0 unspecified atom stereocenters. The number of methoxy groups -OCH3 is 1. The van der Waals surface area contributed by atoms with Gasteiger partial charge in [0.25, 0.3) is 0 Å². The number of hydrogen-bond acceptors (Lipinski definition) is 7. The van der Waals surface area contributed by atoms with Crippen LogP contribution in [0.5, 0.6) is 0 Å². The molecule has 130 valence electrons. The van der Waals surface area contributed by atoms with Crippen LogP contribution in [-0.2, 0) is 22.5 Å². The van der Waals surface area contributed by atoms with Crippen molar-refractivity contribution in [2.45, 2.75) is 39.2 Å². The van der Waals surface area contributed by atoms with E-state index >= 15 is 0 Å². The Morgan fingerprint density at radius 2 is 2.21 bits per heavy atom. The predicted octanol–water partition coefficient (Wildman–Crippen LogP) is 2.85. The molecule has 0 aromatic carbocycles. The van der Waals surface area contributed by atoms with Crippen LogP contribution in [0.1, 0.15) is 39.4 Å². The Morgan fingerprint density at radius 1 is 1.33 bits per heavy atom. The molecule has 3 rings (SSSR count). The number of nitrogens with one attached hydrogen (secondary N) is 1. The van der Waals surface area contributed by atoms with Crippen molar-refractivity contribution in [3.05, 3.63) is 33.2 Å². The molecule has 1 saturated heterocycles. The second-order valence-corrected chi connectivity index (χ2v) is 7.30. The number of nitrogens with zero attached hydrogens (tertiary/aromatic N) is 3. The number of rotatable bonds is 7. The van der Waals surface area contributed by atoms with Gasteiger partial charge in [-0.05, 0) is 20.3 Å². The fourth-order valence-corrected chi connectivity index (χ4v) is 3.66. The maximum atomic E-state index is 5.48. The van der Waals surface area contributed by atoms with Gasteiger partial charge < -0.3 is 14.8 Å². The van der Waals surface area contributed by atoms with Crippen molar-refractivity contribution in [1.82, 2.24) is 15.0 Å². The highest BCUT2D eigenvalue weighted by molar-refractivity contribution is 7.11. The van der Waals surface area contributed by atoms with Gasteiger partial charge in [-0.3, -0.25) is 0 Å². The lowest BCUT2D eigenvalue weighted by atomic mass is 10.0. The summed E-state index contributed by atoms with van der Waals surface area (Å²) in [6, 6.07) is 2.04. The van der Waals surface area contributed by atoms with Crippen LogP contribution in [0.25, 0.3) is 0 Å². The van der Waals surface area contributed by atoms with E-state index in [2.05, 4.69) is 34.1 Å². The van der Waals surface area contributed by atoms with Crippen molar-refractivity contribution < 1.29 is 9.47 Å². The Balaban J connectivity index is 1.66. The highest BCUT2D eigenvalue weighted by atomic mass is 32.1. The largest absolute Gasteiger partial charge is 0.381 e. The van der Waals surface area contributed by atoms with Crippen LogP contribution in [0.2, 0.25) is 0 Å². The highest BCUT2D eigenvalue weighted by Gasteiger charge is 2.20. The Morgan fingerprint density at radius 3 is 2.88 bits per heavy atom. The summed E-state index contributed by atoms with van der Waals surface area (Å²) in [5.41, 5.74) is 2.17. The molecular weight excluding hydrogens is 324 g/mol. The van der Waals surface area contributed by atoms with Crippen LogP contribution in [-0.4, -0.2) is 41.8 Å². The van der Waals surface area contributed by atoms with Gasteiger partial charge >= 0.3 is 0 Å². The van der Waals surface area contributed by atoms with Crippen LogP contribution in [0.15, 0.2) is 6.07 Å². The average molecular weight is 348 g/mol. The topological polar surface area (TPSA) is 69.2 Å². The minimum Gasteiger partial charge on any atom is -0.381 e. The second kappa shape index (κ2) is 8.00. The molecule has 2 aromatic rings. The molecule has 1 aliphatic heterocycles. The zero-order chi connectivity index (χ0) is 16.9. The number of anilines is 1. The smallest absolute Gasteiger partial charge is 0.156 e. The molecule has 0 bridgehead atoms. The molecule has 6 nitrogen and oxygen atoms in total. The Hall–Kier alpha value is -1.57. The third-order valence-electron chi connectivity index (χ3n) is 4.13. The van der Waals surface area contributed by atoms with Gasteiger partial charge in [-0.1, -0.05) is 0 Å². The minimum absolute atomic E-state index is 0.355. The Labute approximate surface area is 146 Å². The summed E-state index contributed by atoms with van der Waals surface area (Å²) in [6.07, 6.45) is 1.91. The minimum atomic E-state index is 0.355. The van der Waals surface area contributed by atoms with Crippen molar-refractivity contribution in [3.8, 4) is 0 Å². The van der Waals surface area contributed by atoms with Crippen LogP contribution < -0.4 is 5.32 Å². The van der Waals surface area contributed by atoms with E-state index in [0.717, 1.165) is 54.8 Å². The first-order valence-electron chi connectivity index (χ1n) is 8.27. The van der Waals surface area contributed by atoms with Crippen LogP contribution in [0.3, 0.4) is 0 Å². The van der Waals surface area contributed by atoms with E-state index in [4.69, 9.17) is 9.47 Å². The Bertz CT molecular complexity index is 664. The summed E-state index contributed by atoms with van der Waals surface area (Å²) >= 11 is 1.76. The van der Waals surface area contributed by atoms with Gasteiger partial charge in [0, 0.05) is 43.5 Å². The summed E-state index contributed by atoms with van der Waals surface area (Å²) in [5.74, 6) is 1.92. The predicted molar refractivity (Wildman–Crippen MR) is 94.7 cm³/mol. The van der Waals surface area contributed by atoms with Crippen molar-refractivity contribution in [2.24, 2.45) is 0 Å². The first-order valence-corrected chi connectivity index (χ1v) is 9.08. The van der Waals surface area contributed by atoms with Gasteiger partial charge in [0.15, 0.2) is 5.82 Å². The van der Waals surface area contributed by atoms with Crippen molar-refractivity contribution in [3.63, 3.8) is 0 Å². The first-order chi connectivity index (χ1) is 11.7. The standard InChI is InChI=1S/C17H24N4O2S/c1-11-12(2)24-17(19-11)4-6-18-15-8-14(13-5-7-23-9-13)20-16(21-15)10-22-3/h8,13H,4-7,9-10H2,1-3H3,(H,18,20,21)/t13-/m0/s1. The molecule has 0 spiro atoms. The molecule has 0 saturated carbocycles. The van der Waals surface area contributed by atoms with Gasteiger partial charge in [-0.25, -0.2) is 15.0 Å². The maximum Gasteiger partial charge on any atom is 0.156 e. The molecule has 3 heterocycles. The zero-order valence-electron chi connectivity index (χ0n) is 14.5. The molecule has 0 amide bonds. The summed E-state index contributed by atoms with van der Waals surface area (Å²) < 4.78 is 10.7. The van der Waals surface area contributed by atoms with Gasteiger partial charge in [0.1, 0.15) is 12.4 Å². The zero-order valence-corrected chi connectivity index (χ0v) is 15.3. The molecule has 0 radical (unpaired) electrons. The third kappa shape index (κ3) is 4.28. The SMILES string of the molecule is COCc1nc(NCCc2nc(C)c(C)s2)cc([C@H]2CCOC2)n1. The second-order valence-electron chi connectivity index (χ2n) is 6.01. The highest BCUT2D eigenvalue weighted by Crippen LogP contribution is 2.25. The number of ether oxygens (including phenoxy) is 2. The monoisotopic (exact) mass is 348 g/mol. The molecule has 1 aliphatic rings. The fraction of sp³-hybridized carbons (Fsp3) is 0.588. The molecule has 7 heteroatoms. The molecule has 1 fully saturated rings. The van der Waals surface area contributed by atoms with Crippen molar-refractivity contribution in [1.29, 1.82) is 0 Å². The van der Waals surface area contributed by atoms with E-state index in [0.29, 0.717) is 18.3 Å². The summed E-state index contributed by atoms with van der Waals surface area (Å²) in [4.78, 5) is 15.0. The summed E-state index contributed by atoms with van der Waals surface area (Å²) in [7, 11) is 1.66. The molecule has 1 N–H and O–H groups in total. The van der Waals surface area contributed by atoms with E-state index < -0.39 is 0 Å². The molecule has 2 aromatic heterocycles. The fourth-order valence-electron chi connectivity index (χ4n) is 2.72. The van der Waals surface area contributed by atoms with E-state index in [-0.39, 0.29) is 0 Å². The van der Waals surface area contributed by atoms with E-state index in [1.165, 1.54) is 4.88 Å². The summed E-state index contributed by atoms with van der Waals surface area (Å²) in [6.45, 7) is 6.93. The van der Waals surface area contributed by atoms with Gasteiger partial charge in [-0.2, -0.15) is 0 Å². The average Bonchev–Trinajstić information content (AvgIpc) is 3.18. The van der Waals surface area contributed by atoms with Gasteiger partial charge in [0.2, 0.25) is 0 Å². The lowest BCUT2D eigenvalue weighted by molar-refractivity contribution is 0.177. The van der Waals surface area contributed by atoms with Crippen molar-refractivity contribution >= 4 is 17.2 Å². The van der Waals surface area contributed by atoms with Crippen LogP contribution >= 0.6 is 11.3 Å². The van der Waals surface area contributed by atoms with E-state index in [9.17, 15) is 0 Å². The first kappa shape index (κ1) is 17.3. The lowest BCUT2D eigenvalue weighted by Gasteiger charge is -2.12. The quantitative estimate of drug-likeness (QED) is 0.830.